The first-order valence-electron chi connectivity index (χ1n) is 10.7. The number of rotatable bonds is 3. The number of hydrogen-bond donors (Lipinski definition) is 0. The van der Waals surface area contributed by atoms with Gasteiger partial charge >= 0.3 is 0 Å². The van der Waals surface area contributed by atoms with Gasteiger partial charge in [0.05, 0.1) is 5.56 Å². The topological polar surface area (TPSA) is 60.9 Å². The number of benzene rings is 2. The molecule has 3 amide bonds. The van der Waals surface area contributed by atoms with Gasteiger partial charge in [0, 0.05) is 38.4 Å². The van der Waals surface area contributed by atoms with Crippen molar-refractivity contribution in [2.24, 2.45) is 5.92 Å². The first-order chi connectivity index (χ1) is 15.0. The summed E-state index contributed by atoms with van der Waals surface area (Å²) in [7, 11) is 0. The number of carbonyl (C=O) groups excluding carboxylic acids is 3. The Labute approximate surface area is 181 Å². The SMILES string of the molecule is Cc1ccc(N2CCC(C(=O)N3CCCN(C(=O)c4ccccc4F)CC3)C2=O)cc1. The maximum absolute atomic E-state index is 14.0. The molecule has 2 aliphatic heterocycles. The van der Waals surface area contributed by atoms with E-state index in [1.807, 2.05) is 31.2 Å². The predicted molar refractivity (Wildman–Crippen MR) is 115 cm³/mol. The van der Waals surface area contributed by atoms with Crippen LogP contribution in [0.1, 0.15) is 28.8 Å². The van der Waals surface area contributed by atoms with Crippen molar-refractivity contribution in [3.63, 3.8) is 0 Å². The molecule has 2 aliphatic rings. The minimum atomic E-state index is -0.685. The molecule has 7 heteroatoms. The van der Waals surface area contributed by atoms with E-state index in [1.165, 1.54) is 12.1 Å². The summed E-state index contributed by atoms with van der Waals surface area (Å²) in [5.41, 5.74) is 1.97. The third-order valence-electron chi connectivity index (χ3n) is 6.05. The van der Waals surface area contributed by atoms with E-state index in [1.54, 1.807) is 26.8 Å². The van der Waals surface area contributed by atoms with E-state index in [-0.39, 0.29) is 23.3 Å². The van der Waals surface area contributed by atoms with Crippen LogP contribution >= 0.6 is 0 Å². The van der Waals surface area contributed by atoms with Crippen molar-refractivity contribution in [1.29, 1.82) is 0 Å². The summed E-state index contributed by atoms with van der Waals surface area (Å²) in [6, 6.07) is 13.6. The standard InChI is InChI=1S/C24H26FN3O3/c1-17-7-9-18(10-8-17)28-14-11-20(24(28)31)23(30)27-13-4-12-26(15-16-27)22(29)19-5-2-3-6-21(19)25/h2-3,5-10,20H,4,11-16H2,1H3. The normalized spacial score (nSPS) is 19.5. The smallest absolute Gasteiger partial charge is 0.256 e. The molecule has 2 aromatic carbocycles. The van der Waals surface area contributed by atoms with Crippen LogP contribution in [-0.2, 0) is 9.59 Å². The minimum absolute atomic E-state index is 0.0435. The molecule has 2 saturated heterocycles. The Balaban J connectivity index is 1.40. The number of nitrogens with zero attached hydrogens (tertiary/aromatic N) is 3. The van der Waals surface area contributed by atoms with Crippen LogP contribution in [0.4, 0.5) is 10.1 Å². The number of anilines is 1. The van der Waals surface area contributed by atoms with Gasteiger partial charge in [-0.05, 0) is 44.0 Å². The highest BCUT2D eigenvalue weighted by Gasteiger charge is 2.40. The summed E-state index contributed by atoms with van der Waals surface area (Å²) in [6.07, 6.45) is 1.08. The fourth-order valence-electron chi connectivity index (χ4n) is 4.26. The molecule has 4 rings (SSSR count). The van der Waals surface area contributed by atoms with E-state index in [2.05, 4.69) is 0 Å². The summed E-state index contributed by atoms with van der Waals surface area (Å²) >= 11 is 0. The quantitative estimate of drug-likeness (QED) is 0.714. The highest BCUT2D eigenvalue weighted by molar-refractivity contribution is 6.09. The highest BCUT2D eigenvalue weighted by Crippen LogP contribution is 2.27. The second-order valence-corrected chi connectivity index (χ2v) is 8.12. The zero-order valence-corrected chi connectivity index (χ0v) is 17.6. The van der Waals surface area contributed by atoms with Gasteiger partial charge in [0.15, 0.2) is 0 Å². The van der Waals surface area contributed by atoms with Crippen molar-refractivity contribution in [2.45, 2.75) is 19.8 Å². The molecule has 0 aromatic heterocycles. The van der Waals surface area contributed by atoms with Gasteiger partial charge in [-0.1, -0.05) is 29.8 Å². The highest BCUT2D eigenvalue weighted by atomic mass is 19.1. The molecule has 6 nitrogen and oxygen atoms in total. The molecular formula is C24H26FN3O3. The Morgan fingerprint density at radius 1 is 0.903 bits per heavy atom. The van der Waals surface area contributed by atoms with Crippen LogP contribution in [0.25, 0.3) is 0 Å². The summed E-state index contributed by atoms with van der Waals surface area (Å²) in [6.45, 7) is 4.10. The van der Waals surface area contributed by atoms with Gasteiger partial charge in [-0.2, -0.15) is 0 Å². The van der Waals surface area contributed by atoms with Crippen LogP contribution in [0.15, 0.2) is 48.5 Å². The van der Waals surface area contributed by atoms with E-state index in [4.69, 9.17) is 0 Å². The number of hydrogen-bond acceptors (Lipinski definition) is 3. The van der Waals surface area contributed by atoms with Crippen molar-refractivity contribution in [1.82, 2.24) is 9.80 Å². The third-order valence-corrected chi connectivity index (χ3v) is 6.05. The summed E-state index contributed by atoms with van der Waals surface area (Å²) in [4.78, 5) is 43.7. The molecule has 0 bridgehead atoms. The lowest BCUT2D eigenvalue weighted by Gasteiger charge is -2.24. The largest absolute Gasteiger partial charge is 0.340 e. The van der Waals surface area contributed by atoms with Gasteiger partial charge in [-0.3, -0.25) is 14.4 Å². The molecule has 31 heavy (non-hydrogen) atoms. The van der Waals surface area contributed by atoms with Crippen molar-refractivity contribution < 1.29 is 18.8 Å². The lowest BCUT2D eigenvalue weighted by atomic mass is 10.1. The third kappa shape index (κ3) is 4.31. The summed E-state index contributed by atoms with van der Waals surface area (Å²) in [5.74, 6) is -1.94. The summed E-state index contributed by atoms with van der Waals surface area (Å²) in [5, 5.41) is 0. The predicted octanol–water partition coefficient (Wildman–Crippen LogP) is 2.86. The Morgan fingerprint density at radius 2 is 1.58 bits per heavy atom. The summed E-state index contributed by atoms with van der Waals surface area (Å²) < 4.78 is 14.0. The van der Waals surface area contributed by atoms with E-state index >= 15 is 0 Å². The van der Waals surface area contributed by atoms with Crippen LogP contribution < -0.4 is 4.90 Å². The van der Waals surface area contributed by atoms with Gasteiger partial charge in [-0.25, -0.2) is 4.39 Å². The zero-order chi connectivity index (χ0) is 22.0. The first-order valence-corrected chi connectivity index (χ1v) is 10.7. The number of amides is 3. The molecule has 0 N–H and O–H groups in total. The van der Waals surface area contributed by atoms with Crippen molar-refractivity contribution in [3.05, 3.63) is 65.5 Å². The monoisotopic (exact) mass is 423 g/mol. The molecular weight excluding hydrogens is 397 g/mol. The average Bonchev–Trinajstić information content (AvgIpc) is 2.99. The van der Waals surface area contributed by atoms with Crippen molar-refractivity contribution >= 4 is 23.4 Å². The number of halogens is 1. The second kappa shape index (κ2) is 8.88. The van der Waals surface area contributed by atoms with Gasteiger partial charge < -0.3 is 14.7 Å². The molecule has 2 aromatic rings. The van der Waals surface area contributed by atoms with E-state index < -0.39 is 11.7 Å². The minimum Gasteiger partial charge on any atom is -0.340 e. The lowest BCUT2D eigenvalue weighted by Crippen LogP contribution is -2.42. The lowest BCUT2D eigenvalue weighted by molar-refractivity contribution is -0.139. The Kier molecular flexibility index (Phi) is 6.02. The maximum Gasteiger partial charge on any atom is 0.256 e. The van der Waals surface area contributed by atoms with Gasteiger partial charge in [-0.15, -0.1) is 0 Å². The van der Waals surface area contributed by atoms with E-state index in [0.29, 0.717) is 45.6 Å². The van der Waals surface area contributed by atoms with Gasteiger partial charge in [0.25, 0.3) is 5.91 Å². The fourth-order valence-corrected chi connectivity index (χ4v) is 4.26. The van der Waals surface area contributed by atoms with Crippen LogP contribution in [-0.4, -0.2) is 60.2 Å². The number of aryl methyl sites for hydroxylation is 1. The zero-order valence-electron chi connectivity index (χ0n) is 17.6. The molecule has 0 saturated carbocycles. The van der Waals surface area contributed by atoms with E-state index in [9.17, 15) is 18.8 Å². The van der Waals surface area contributed by atoms with Gasteiger partial charge in [0.2, 0.25) is 11.8 Å². The molecule has 0 radical (unpaired) electrons. The molecule has 2 fully saturated rings. The van der Waals surface area contributed by atoms with Gasteiger partial charge in [0.1, 0.15) is 11.7 Å². The van der Waals surface area contributed by atoms with Crippen molar-refractivity contribution in [2.75, 3.05) is 37.6 Å². The van der Waals surface area contributed by atoms with E-state index in [0.717, 1.165) is 11.3 Å². The Morgan fingerprint density at radius 3 is 2.32 bits per heavy atom. The van der Waals surface area contributed by atoms with Crippen LogP contribution in [0.5, 0.6) is 0 Å². The van der Waals surface area contributed by atoms with Crippen LogP contribution in [0.3, 0.4) is 0 Å². The fraction of sp³-hybridized carbons (Fsp3) is 0.375. The molecule has 0 aliphatic carbocycles. The molecule has 2 heterocycles. The molecule has 162 valence electrons. The second-order valence-electron chi connectivity index (χ2n) is 8.12. The molecule has 0 spiro atoms. The average molecular weight is 423 g/mol. The Bertz CT molecular complexity index is 992. The Hall–Kier alpha value is -3.22. The maximum atomic E-state index is 14.0. The number of carbonyl (C=O) groups is 3. The van der Waals surface area contributed by atoms with Crippen LogP contribution in [0.2, 0.25) is 0 Å². The molecule has 1 atom stereocenters. The van der Waals surface area contributed by atoms with Crippen LogP contribution in [0, 0.1) is 18.7 Å². The first kappa shape index (κ1) is 21.0. The molecule has 1 unspecified atom stereocenters. The van der Waals surface area contributed by atoms with Crippen molar-refractivity contribution in [3.8, 4) is 0 Å².